The number of alkyl halides is 3. The van der Waals surface area contributed by atoms with Gasteiger partial charge in [0.15, 0.2) is 0 Å². The van der Waals surface area contributed by atoms with E-state index in [2.05, 4.69) is 9.97 Å². The Bertz CT molecular complexity index is 921. The van der Waals surface area contributed by atoms with Crippen LogP contribution in [0.15, 0.2) is 29.1 Å². The van der Waals surface area contributed by atoms with Gasteiger partial charge in [0.25, 0.3) is 5.56 Å². The van der Waals surface area contributed by atoms with E-state index in [0.717, 1.165) is 6.07 Å². The van der Waals surface area contributed by atoms with Crippen LogP contribution in [0, 0.1) is 13.8 Å². The van der Waals surface area contributed by atoms with E-state index >= 15 is 0 Å². The molecule has 1 aliphatic rings. The standard InChI is InChI=1S/C19H20F3N3O2/c1-11-14(18(27)24-12(2)23-11)10-17(26)25-9-5-8-16(25)13-6-3-4-7-15(13)19(20,21)22/h3-4,6-7,16H,5,8-10H2,1-2H3,(H,23,24,27). The van der Waals surface area contributed by atoms with Gasteiger partial charge in [-0.05, 0) is 38.3 Å². The van der Waals surface area contributed by atoms with Gasteiger partial charge in [-0.25, -0.2) is 4.98 Å². The van der Waals surface area contributed by atoms with Crippen molar-refractivity contribution in [3.05, 3.63) is 62.8 Å². The van der Waals surface area contributed by atoms with Crippen LogP contribution in [0.3, 0.4) is 0 Å². The zero-order valence-corrected chi connectivity index (χ0v) is 15.1. The number of hydrogen-bond donors (Lipinski definition) is 1. The van der Waals surface area contributed by atoms with E-state index in [1.165, 1.54) is 17.0 Å². The van der Waals surface area contributed by atoms with Crippen molar-refractivity contribution in [2.24, 2.45) is 0 Å². The lowest BCUT2D eigenvalue weighted by Gasteiger charge is -2.27. The van der Waals surface area contributed by atoms with Gasteiger partial charge in [-0.1, -0.05) is 18.2 Å². The number of benzene rings is 1. The van der Waals surface area contributed by atoms with Crippen LogP contribution in [0.1, 0.15) is 47.1 Å². The first-order chi connectivity index (χ1) is 12.7. The van der Waals surface area contributed by atoms with E-state index in [1.807, 2.05) is 0 Å². The molecule has 144 valence electrons. The Morgan fingerprint density at radius 1 is 1.30 bits per heavy atom. The average Bonchev–Trinajstić information content (AvgIpc) is 3.07. The number of nitrogens with one attached hydrogen (secondary N) is 1. The Balaban J connectivity index is 1.90. The number of nitrogens with zero attached hydrogens (tertiary/aromatic N) is 2. The third kappa shape index (κ3) is 3.89. The molecule has 2 aromatic rings. The zero-order chi connectivity index (χ0) is 19.8. The molecule has 1 amide bonds. The molecule has 8 heteroatoms. The van der Waals surface area contributed by atoms with Crippen LogP contribution in [-0.2, 0) is 17.4 Å². The monoisotopic (exact) mass is 379 g/mol. The van der Waals surface area contributed by atoms with E-state index in [9.17, 15) is 22.8 Å². The molecule has 1 fully saturated rings. The number of hydrogen-bond acceptors (Lipinski definition) is 3. The van der Waals surface area contributed by atoms with Crippen molar-refractivity contribution in [2.75, 3.05) is 6.54 Å². The van der Waals surface area contributed by atoms with Crippen molar-refractivity contribution in [1.82, 2.24) is 14.9 Å². The number of aryl methyl sites for hydroxylation is 2. The summed E-state index contributed by atoms with van der Waals surface area (Å²) >= 11 is 0. The van der Waals surface area contributed by atoms with Crippen LogP contribution in [0.25, 0.3) is 0 Å². The van der Waals surface area contributed by atoms with Gasteiger partial charge in [0.05, 0.1) is 18.0 Å². The zero-order valence-electron chi connectivity index (χ0n) is 15.1. The summed E-state index contributed by atoms with van der Waals surface area (Å²) in [5.41, 5.74) is -0.305. The molecule has 1 aromatic heterocycles. The lowest BCUT2D eigenvalue weighted by atomic mass is 9.97. The number of amides is 1. The molecule has 1 aromatic carbocycles. The maximum Gasteiger partial charge on any atom is 0.416 e. The highest BCUT2D eigenvalue weighted by Gasteiger charge is 2.39. The van der Waals surface area contributed by atoms with E-state index in [1.54, 1.807) is 19.9 Å². The van der Waals surface area contributed by atoms with E-state index in [-0.39, 0.29) is 29.0 Å². The van der Waals surface area contributed by atoms with Crippen molar-refractivity contribution < 1.29 is 18.0 Å². The summed E-state index contributed by atoms with van der Waals surface area (Å²) in [6, 6.07) is 4.70. The number of carbonyl (C=O) groups excluding carboxylic acids is 1. The summed E-state index contributed by atoms with van der Waals surface area (Å²) in [5, 5.41) is 0. The maximum atomic E-state index is 13.4. The molecule has 1 N–H and O–H groups in total. The molecule has 3 rings (SSSR count). The van der Waals surface area contributed by atoms with Gasteiger partial charge in [0, 0.05) is 17.8 Å². The summed E-state index contributed by atoms with van der Waals surface area (Å²) in [6.45, 7) is 3.65. The van der Waals surface area contributed by atoms with E-state index < -0.39 is 17.8 Å². The normalized spacial score (nSPS) is 17.4. The molecule has 0 aliphatic carbocycles. The first-order valence-corrected chi connectivity index (χ1v) is 8.70. The second-order valence-electron chi connectivity index (χ2n) is 6.72. The van der Waals surface area contributed by atoms with E-state index in [4.69, 9.17) is 0 Å². The molecular weight excluding hydrogens is 359 g/mol. The highest BCUT2D eigenvalue weighted by atomic mass is 19.4. The fourth-order valence-electron chi connectivity index (χ4n) is 3.65. The van der Waals surface area contributed by atoms with Gasteiger partial charge in [-0.3, -0.25) is 9.59 Å². The number of rotatable bonds is 3. The highest BCUT2D eigenvalue weighted by molar-refractivity contribution is 5.79. The quantitative estimate of drug-likeness (QED) is 0.890. The molecule has 0 spiro atoms. The molecule has 0 saturated carbocycles. The van der Waals surface area contributed by atoms with Crippen LogP contribution < -0.4 is 5.56 Å². The SMILES string of the molecule is Cc1nc(C)c(CC(=O)N2CCCC2c2ccccc2C(F)(F)F)c(=O)[nH]1. The summed E-state index contributed by atoms with van der Waals surface area (Å²) in [6.07, 6.45) is -3.59. The largest absolute Gasteiger partial charge is 0.416 e. The van der Waals surface area contributed by atoms with Crippen molar-refractivity contribution in [3.8, 4) is 0 Å². The maximum absolute atomic E-state index is 13.4. The van der Waals surface area contributed by atoms with E-state index in [0.29, 0.717) is 30.9 Å². The minimum atomic E-state index is -4.48. The lowest BCUT2D eigenvalue weighted by Crippen LogP contribution is -2.34. The van der Waals surface area contributed by atoms with Gasteiger partial charge in [-0.2, -0.15) is 13.2 Å². The average molecular weight is 379 g/mol. The predicted octanol–water partition coefficient (Wildman–Crippen LogP) is 3.31. The Kier molecular flexibility index (Phi) is 5.08. The summed E-state index contributed by atoms with van der Waals surface area (Å²) in [4.78, 5) is 33.1. The number of H-pyrrole nitrogens is 1. The van der Waals surface area contributed by atoms with Crippen LogP contribution in [0.2, 0.25) is 0 Å². The smallest absolute Gasteiger partial charge is 0.335 e. The van der Waals surface area contributed by atoms with Gasteiger partial charge in [0.2, 0.25) is 5.91 Å². The van der Waals surface area contributed by atoms with Crippen molar-refractivity contribution in [1.29, 1.82) is 0 Å². The fraction of sp³-hybridized carbons (Fsp3) is 0.421. The second-order valence-corrected chi connectivity index (χ2v) is 6.72. The lowest BCUT2D eigenvalue weighted by molar-refractivity contribution is -0.140. The molecule has 1 atom stereocenters. The molecule has 1 saturated heterocycles. The molecule has 0 bridgehead atoms. The van der Waals surface area contributed by atoms with Crippen LogP contribution >= 0.6 is 0 Å². The Labute approximate surface area is 154 Å². The van der Waals surface area contributed by atoms with Gasteiger partial charge in [0.1, 0.15) is 5.82 Å². The predicted molar refractivity (Wildman–Crippen MR) is 93.2 cm³/mol. The molecular formula is C19H20F3N3O2. The van der Waals surface area contributed by atoms with Gasteiger partial charge < -0.3 is 9.88 Å². The first-order valence-electron chi connectivity index (χ1n) is 8.70. The minimum Gasteiger partial charge on any atom is -0.335 e. The molecule has 2 heterocycles. The fourth-order valence-corrected chi connectivity index (χ4v) is 3.65. The van der Waals surface area contributed by atoms with Crippen molar-refractivity contribution in [2.45, 2.75) is 45.3 Å². The van der Waals surface area contributed by atoms with Crippen LogP contribution in [0.4, 0.5) is 13.2 Å². The summed E-state index contributed by atoms with van der Waals surface area (Å²) in [7, 11) is 0. The first kappa shape index (κ1) is 19.1. The Morgan fingerprint density at radius 2 is 2.00 bits per heavy atom. The van der Waals surface area contributed by atoms with Gasteiger partial charge in [-0.15, -0.1) is 0 Å². The molecule has 27 heavy (non-hydrogen) atoms. The van der Waals surface area contributed by atoms with Gasteiger partial charge >= 0.3 is 6.18 Å². The third-order valence-corrected chi connectivity index (χ3v) is 4.87. The van der Waals surface area contributed by atoms with Crippen LogP contribution in [-0.4, -0.2) is 27.3 Å². The Hall–Kier alpha value is -2.64. The second kappa shape index (κ2) is 7.17. The minimum absolute atomic E-state index is 0.100. The van der Waals surface area contributed by atoms with Crippen molar-refractivity contribution in [3.63, 3.8) is 0 Å². The Morgan fingerprint density at radius 3 is 2.67 bits per heavy atom. The molecule has 1 aliphatic heterocycles. The number of halogens is 3. The number of aromatic amines is 1. The topological polar surface area (TPSA) is 66.1 Å². The molecule has 5 nitrogen and oxygen atoms in total. The number of carbonyl (C=O) groups is 1. The van der Waals surface area contributed by atoms with Crippen LogP contribution in [0.5, 0.6) is 0 Å². The summed E-state index contributed by atoms with van der Waals surface area (Å²) < 4.78 is 40.1. The number of aromatic nitrogens is 2. The number of likely N-dealkylation sites (tertiary alicyclic amines) is 1. The van der Waals surface area contributed by atoms with Crippen molar-refractivity contribution >= 4 is 5.91 Å². The summed E-state index contributed by atoms with van der Waals surface area (Å²) in [5.74, 6) is 0.0839. The molecule has 0 radical (unpaired) electrons. The molecule has 1 unspecified atom stereocenters. The highest BCUT2D eigenvalue weighted by Crippen LogP contribution is 2.40. The third-order valence-electron chi connectivity index (χ3n) is 4.87.